The van der Waals surface area contributed by atoms with Crippen LogP contribution in [-0.2, 0) is 0 Å². The second-order valence-corrected chi connectivity index (χ2v) is 6.84. The van der Waals surface area contributed by atoms with Crippen molar-refractivity contribution in [2.45, 2.75) is 19.3 Å². The Hall–Kier alpha value is -1.77. The van der Waals surface area contributed by atoms with Crippen LogP contribution < -0.4 is 4.74 Å². The van der Waals surface area contributed by atoms with Gasteiger partial charge in [0, 0.05) is 19.0 Å². The van der Waals surface area contributed by atoms with E-state index >= 15 is 0 Å². The number of hydrogen-bond acceptors (Lipinski definition) is 2. The second-order valence-electron chi connectivity index (χ2n) is 6.46. The van der Waals surface area contributed by atoms with Crippen molar-refractivity contribution >= 4 is 17.2 Å². The molecule has 0 amide bonds. The summed E-state index contributed by atoms with van der Waals surface area (Å²) in [6.45, 7) is 3.34. The maximum atomic E-state index is 5.84. The van der Waals surface area contributed by atoms with Crippen LogP contribution >= 0.6 is 11.6 Å². The highest BCUT2D eigenvalue weighted by Crippen LogP contribution is 2.33. The van der Waals surface area contributed by atoms with E-state index in [0.29, 0.717) is 0 Å². The standard InChI is InChI=1S/C22H26ClNO/c1-25-21-10-5-9-20(17-21)22(18-7-3-2-4-8-18)19-11-15-24(16-12-19)14-6-13-23/h2-5,7-10,17H,6,11-16H2,1H3. The van der Waals surface area contributed by atoms with E-state index in [2.05, 4.69) is 53.4 Å². The van der Waals surface area contributed by atoms with Gasteiger partial charge in [0.15, 0.2) is 0 Å². The SMILES string of the molecule is COc1cccc(C(=C2CCN(CCCCl)CC2)c2ccccc2)c1. The maximum absolute atomic E-state index is 5.84. The Bertz CT molecular complexity index is 701. The monoisotopic (exact) mass is 355 g/mol. The number of benzene rings is 2. The van der Waals surface area contributed by atoms with E-state index in [1.165, 1.54) is 16.7 Å². The van der Waals surface area contributed by atoms with Crippen LogP contribution in [0.5, 0.6) is 5.75 Å². The van der Waals surface area contributed by atoms with Gasteiger partial charge in [-0.05, 0) is 54.6 Å². The van der Waals surface area contributed by atoms with Crippen molar-refractivity contribution in [3.8, 4) is 5.75 Å². The van der Waals surface area contributed by atoms with E-state index < -0.39 is 0 Å². The van der Waals surface area contributed by atoms with Gasteiger partial charge < -0.3 is 9.64 Å². The van der Waals surface area contributed by atoms with Gasteiger partial charge in [-0.2, -0.15) is 0 Å². The summed E-state index contributed by atoms with van der Waals surface area (Å²) in [5.41, 5.74) is 5.45. The van der Waals surface area contributed by atoms with Gasteiger partial charge >= 0.3 is 0 Å². The fourth-order valence-electron chi connectivity index (χ4n) is 3.54. The predicted octanol–water partition coefficient (Wildman–Crippen LogP) is 5.22. The number of rotatable bonds is 6. The Labute approximate surface area is 156 Å². The minimum atomic E-state index is 0.748. The molecule has 0 aliphatic carbocycles. The average Bonchev–Trinajstić information content (AvgIpc) is 2.68. The van der Waals surface area contributed by atoms with Crippen molar-refractivity contribution in [2.75, 3.05) is 32.6 Å². The Balaban J connectivity index is 1.92. The van der Waals surface area contributed by atoms with Crippen LogP contribution in [-0.4, -0.2) is 37.5 Å². The molecule has 1 aliphatic rings. The number of nitrogens with zero attached hydrogens (tertiary/aromatic N) is 1. The molecule has 1 fully saturated rings. The molecule has 132 valence electrons. The number of likely N-dealkylation sites (tertiary alicyclic amines) is 1. The summed E-state index contributed by atoms with van der Waals surface area (Å²) in [6, 6.07) is 19.2. The largest absolute Gasteiger partial charge is 0.497 e. The maximum Gasteiger partial charge on any atom is 0.119 e. The summed E-state index contributed by atoms with van der Waals surface area (Å²) >= 11 is 5.84. The Morgan fingerprint density at radius 1 is 1.00 bits per heavy atom. The lowest BCUT2D eigenvalue weighted by atomic mass is 9.88. The number of alkyl halides is 1. The van der Waals surface area contributed by atoms with Gasteiger partial charge in [-0.3, -0.25) is 0 Å². The predicted molar refractivity (Wildman–Crippen MR) is 106 cm³/mol. The first kappa shape index (κ1) is 18.0. The van der Waals surface area contributed by atoms with E-state index in [9.17, 15) is 0 Å². The first-order valence-electron chi connectivity index (χ1n) is 9.02. The molecule has 1 aliphatic heterocycles. The molecule has 0 atom stereocenters. The normalized spacial score (nSPS) is 15.2. The molecule has 2 aromatic carbocycles. The van der Waals surface area contributed by atoms with E-state index in [1.807, 2.05) is 6.07 Å². The van der Waals surface area contributed by atoms with Crippen molar-refractivity contribution in [1.82, 2.24) is 4.90 Å². The Morgan fingerprint density at radius 2 is 1.72 bits per heavy atom. The number of ether oxygens (including phenoxy) is 1. The smallest absolute Gasteiger partial charge is 0.119 e. The number of hydrogen-bond donors (Lipinski definition) is 0. The van der Waals surface area contributed by atoms with E-state index in [-0.39, 0.29) is 0 Å². The fraction of sp³-hybridized carbons (Fsp3) is 0.364. The van der Waals surface area contributed by atoms with Gasteiger partial charge in [-0.1, -0.05) is 48.0 Å². The molecule has 3 rings (SSSR count). The molecule has 0 radical (unpaired) electrons. The highest BCUT2D eigenvalue weighted by molar-refractivity contribution is 6.17. The van der Waals surface area contributed by atoms with Gasteiger partial charge in [0.1, 0.15) is 5.75 Å². The molecule has 1 heterocycles. The first-order valence-corrected chi connectivity index (χ1v) is 9.55. The van der Waals surface area contributed by atoms with Crippen molar-refractivity contribution in [2.24, 2.45) is 0 Å². The summed E-state index contributed by atoms with van der Waals surface area (Å²) < 4.78 is 5.45. The van der Waals surface area contributed by atoms with Gasteiger partial charge in [-0.25, -0.2) is 0 Å². The molecular weight excluding hydrogens is 330 g/mol. The lowest BCUT2D eigenvalue weighted by Crippen LogP contribution is -2.32. The molecule has 2 nitrogen and oxygen atoms in total. The summed E-state index contributed by atoms with van der Waals surface area (Å²) in [5, 5.41) is 0. The summed E-state index contributed by atoms with van der Waals surface area (Å²) in [4.78, 5) is 2.53. The van der Waals surface area contributed by atoms with Gasteiger partial charge in [-0.15, -0.1) is 11.6 Å². The Morgan fingerprint density at radius 3 is 2.40 bits per heavy atom. The molecule has 0 aromatic heterocycles. The molecule has 0 bridgehead atoms. The van der Waals surface area contributed by atoms with E-state index in [0.717, 1.165) is 50.5 Å². The summed E-state index contributed by atoms with van der Waals surface area (Å²) in [7, 11) is 1.73. The van der Waals surface area contributed by atoms with Crippen molar-refractivity contribution in [3.05, 3.63) is 71.3 Å². The van der Waals surface area contributed by atoms with Crippen molar-refractivity contribution in [3.63, 3.8) is 0 Å². The zero-order valence-electron chi connectivity index (χ0n) is 14.9. The van der Waals surface area contributed by atoms with Crippen molar-refractivity contribution in [1.29, 1.82) is 0 Å². The minimum absolute atomic E-state index is 0.748. The highest BCUT2D eigenvalue weighted by atomic mass is 35.5. The van der Waals surface area contributed by atoms with Crippen LogP contribution in [0.25, 0.3) is 5.57 Å². The number of halogens is 1. The third-order valence-corrected chi connectivity index (χ3v) is 5.11. The minimum Gasteiger partial charge on any atom is -0.497 e. The average molecular weight is 356 g/mol. The molecular formula is C22H26ClNO. The molecule has 2 aromatic rings. The first-order chi connectivity index (χ1) is 12.3. The molecule has 3 heteroatoms. The topological polar surface area (TPSA) is 12.5 Å². The lowest BCUT2D eigenvalue weighted by Gasteiger charge is -2.30. The van der Waals surface area contributed by atoms with Gasteiger partial charge in [0.05, 0.1) is 7.11 Å². The molecule has 0 unspecified atom stereocenters. The molecule has 1 saturated heterocycles. The molecule has 0 spiro atoms. The zero-order chi connectivity index (χ0) is 17.5. The van der Waals surface area contributed by atoms with Crippen LogP contribution in [0.3, 0.4) is 0 Å². The van der Waals surface area contributed by atoms with Crippen LogP contribution in [0.2, 0.25) is 0 Å². The van der Waals surface area contributed by atoms with E-state index in [4.69, 9.17) is 16.3 Å². The Kier molecular flexibility index (Phi) is 6.55. The zero-order valence-corrected chi connectivity index (χ0v) is 15.6. The van der Waals surface area contributed by atoms with Crippen LogP contribution in [0.15, 0.2) is 60.2 Å². The molecule has 25 heavy (non-hydrogen) atoms. The van der Waals surface area contributed by atoms with Crippen LogP contribution in [0, 0.1) is 0 Å². The van der Waals surface area contributed by atoms with Gasteiger partial charge in [0.25, 0.3) is 0 Å². The third-order valence-electron chi connectivity index (χ3n) is 4.84. The van der Waals surface area contributed by atoms with Crippen molar-refractivity contribution < 1.29 is 4.74 Å². The summed E-state index contributed by atoms with van der Waals surface area (Å²) in [5.74, 6) is 1.66. The quantitative estimate of drug-likeness (QED) is 0.658. The lowest BCUT2D eigenvalue weighted by molar-refractivity contribution is 0.258. The van der Waals surface area contributed by atoms with Crippen LogP contribution in [0.1, 0.15) is 30.4 Å². The number of methoxy groups -OCH3 is 1. The molecule has 0 saturated carbocycles. The second kappa shape index (κ2) is 9.07. The highest BCUT2D eigenvalue weighted by Gasteiger charge is 2.19. The summed E-state index contributed by atoms with van der Waals surface area (Å²) in [6.07, 6.45) is 3.30. The third kappa shape index (κ3) is 4.65. The van der Waals surface area contributed by atoms with Gasteiger partial charge in [0.2, 0.25) is 0 Å². The molecule has 0 N–H and O–H groups in total. The van der Waals surface area contributed by atoms with Crippen LogP contribution in [0.4, 0.5) is 0 Å². The fourth-order valence-corrected chi connectivity index (χ4v) is 3.66. The van der Waals surface area contributed by atoms with E-state index in [1.54, 1.807) is 12.7 Å². The number of piperidine rings is 1.